The third kappa shape index (κ3) is 3.88. The van der Waals surface area contributed by atoms with Crippen LogP contribution in [0.4, 0.5) is 11.5 Å². The molecule has 3 saturated carbocycles. The third-order valence-electron chi connectivity index (χ3n) is 7.15. The van der Waals surface area contributed by atoms with E-state index in [2.05, 4.69) is 33.8 Å². The zero-order valence-corrected chi connectivity index (χ0v) is 19.9. The molecule has 0 atom stereocenters. The molecule has 0 spiro atoms. The zero-order chi connectivity index (χ0) is 22.7. The lowest BCUT2D eigenvalue weighted by Crippen LogP contribution is -2.34. The number of sulfonamides is 1. The summed E-state index contributed by atoms with van der Waals surface area (Å²) in [4.78, 5) is 19.7. The van der Waals surface area contributed by atoms with Crippen LogP contribution in [0.2, 0.25) is 0 Å². The van der Waals surface area contributed by atoms with Crippen LogP contribution >= 0.6 is 0 Å². The molecule has 1 heterocycles. The highest BCUT2D eigenvalue weighted by Crippen LogP contribution is 2.75. The van der Waals surface area contributed by atoms with Gasteiger partial charge >= 0.3 is 0 Å². The van der Waals surface area contributed by atoms with Gasteiger partial charge in [0.05, 0.1) is 15.8 Å². The fourth-order valence-electron chi connectivity index (χ4n) is 4.56. The Balaban J connectivity index is 1.56. The molecule has 3 aliphatic carbocycles. The lowest BCUT2D eigenvalue weighted by Gasteiger charge is -2.26. The Morgan fingerprint density at radius 1 is 1.16 bits per heavy atom. The lowest BCUT2D eigenvalue weighted by molar-refractivity contribution is -0.119. The van der Waals surface area contributed by atoms with Gasteiger partial charge in [-0.1, -0.05) is 13.8 Å². The van der Waals surface area contributed by atoms with Crippen molar-refractivity contribution in [3.8, 4) is 0 Å². The molecular formula is C24H32N4O3S. The summed E-state index contributed by atoms with van der Waals surface area (Å²) in [6, 6.07) is 7.19. The Morgan fingerprint density at radius 2 is 1.81 bits per heavy atom. The first-order valence-corrected chi connectivity index (χ1v) is 13.2. The number of aromatic nitrogens is 1. The molecule has 1 aromatic carbocycles. The van der Waals surface area contributed by atoms with Crippen molar-refractivity contribution in [1.82, 2.24) is 9.71 Å². The van der Waals surface area contributed by atoms with E-state index in [1.807, 2.05) is 19.1 Å². The number of hydrogen-bond acceptors (Lipinski definition) is 5. The molecule has 0 unspecified atom stereocenters. The Morgan fingerprint density at radius 3 is 2.38 bits per heavy atom. The predicted molar refractivity (Wildman–Crippen MR) is 126 cm³/mol. The van der Waals surface area contributed by atoms with Gasteiger partial charge in [0, 0.05) is 29.7 Å². The van der Waals surface area contributed by atoms with Crippen LogP contribution in [0.15, 0.2) is 29.2 Å². The van der Waals surface area contributed by atoms with Gasteiger partial charge in [0.1, 0.15) is 5.82 Å². The number of anilines is 2. The minimum absolute atomic E-state index is 0.0419. The van der Waals surface area contributed by atoms with Crippen molar-refractivity contribution in [3.63, 3.8) is 0 Å². The van der Waals surface area contributed by atoms with Gasteiger partial charge in [-0.3, -0.25) is 4.79 Å². The topological polar surface area (TPSA) is 91.4 Å². The van der Waals surface area contributed by atoms with Crippen LogP contribution in [0.5, 0.6) is 0 Å². The molecule has 8 heteroatoms. The molecule has 0 aliphatic heterocycles. The molecule has 7 nitrogen and oxygen atoms in total. The van der Waals surface area contributed by atoms with E-state index >= 15 is 0 Å². The summed E-state index contributed by atoms with van der Waals surface area (Å²) in [7, 11) is -3.68. The summed E-state index contributed by atoms with van der Waals surface area (Å²) in [6.45, 7) is 7.84. The van der Waals surface area contributed by atoms with Gasteiger partial charge in [0.25, 0.3) is 0 Å². The van der Waals surface area contributed by atoms with Gasteiger partial charge in [-0.2, -0.15) is 0 Å². The number of hydrogen-bond donors (Lipinski definition) is 2. The summed E-state index contributed by atoms with van der Waals surface area (Å²) in [6.07, 6.45) is 5.57. The van der Waals surface area contributed by atoms with E-state index in [1.54, 1.807) is 12.1 Å². The van der Waals surface area contributed by atoms with Crippen LogP contribution in [0.25, 0.3) is 10.9 Å². The fourth-order valence-corrected chi connectivity index (χ4v) is 6.06. The molecule has 0 radical (unpaired) electrons. The second-order valence-electron chi connectivity index (χ2n) is 10.1. The van der Waals surface area contributed by atoms with Crippen molar-refractivity contribution >= 4 is 38.3 Å². The van der Waals surface area contributed by atoms with E-state index in [9.17, 15) is 13.2 Å². The maximum absolute atomic E-state index is 13.2. The predicted octanol–water partition coefficient (Wildman–Crippen LogP) is 4.04. The summed E-state index contributed by atoms with van der Waals surface area (Å²) in [5, 5.41) is 3.85. The van der Waals surface area contributed by atoms with Gasteiger partial charge in [-0.05, 0) is 75.6 Å². The molecule has 2 N–H and O–H groups in total. The summed E-state index contributed by atoms with van der Waals surface area (Å²) in [5.74, 6) is 1.08. The van der Waals surface area contributed by atoms with Crippen LogP contribution in [-0.2, 0) is 14.8 Å². The number of carbonyl (C=O) groups is 1. The van der Waals surface area contributed by atoms with Crippen molar-refractivity contribution < 1.29 is 13.2 Å². The minimum Gasteiger partial charge on any atom is -0.371 e. The number of amides is 1. The highest BCUT2D eigenvalue weighted by molar-refractivity contribution is 7.89. The molecule has 3 aliphatic rings. The van der Waals surface area contributed by atoms with Crippen LogP contribution < -0.4 is 14.9 Å². The molecule has 0 bridgehead atoms. The van der Waals surface area contributed by atoms with E-state index in [-0.39, 0.29) is 21.8 Å². The number of nitrogens with one attached hydrogen (secondary N) is 2. The average Bonchev–Trinajstić information content (AvgIpc) is 3.63. The molecule has 5 rings (SSSR count). The van der Waals surface area contributed by atoms with Gasteiger partial charge in [-0.15, -0.1) is 0 Å². The van der Waals surface area contributed by atoms with Crippen molar-refractivity contribution in [1.29, 1.82) is 0 Å². The number of rotatable bonds is 10. The summed E-state index contributed by atoms with van der Waals surface area (Å²) >= 11 is 0. The monoisotopic (exact) mass is 456 g/mol. The van der Waals surface area contributed by atoms with Crippen molar-refractivity contribution in [2.75, 3.05) is 23.3 Å². The van der Waals surface area contributed by atoms with E-state index in [1.165, 1.54) is 0 Å². The Kier molecular flexibility index (Phi) is 5.02. The van der Waals surface area contributed by atoms with E-state index < -0.39 is 10.0 Å². The number of fused-ring (bicyclic) bond motifs is 2. The highest BCUT2D eigenvalue weighted by atomic mass is 32.2. The van der Waals surface area contributed by atoms with Crippen LogP contribution in [0.3, 0.4) is 0 Å². The maximum Gasteiger partial charge on any atom is 0.241 e. The summed E-state index contributed by atoms with van der Waals surface area (Å²) in [5.41, 5.74) is 0.962. The quantitative estimate of drug-likeness (QED) is 0.563. The number of nitrogens with zero attached hydrogens (tertiary/aromatic N) is 2. The van der Waals surface area contributed by atoms with E-state index in [0.717, 1.165) is 62.7 Å². The smallest absolute Gasteiger partial charge is 0.241 e. The molecule has 32 heavy (non-hydrogen) atoms. The Bertz CT molecular complexity index is 1180. The lowest BCUT2D eigenvalue weighted by atomic mass is 10.1. The average molecular weight is 457 g/mol. The van der Waals surface area contributed by atoms with Gasteiger partial charge in [0.15, 0.2) is 0 Å². The number of benzene rings is 1. The van der Waals surface area contributed by atoms with Crippen LogP contribution in [0, 0.1) is 11.3 Å². The fraction of sp³-hybridized carbons (Fsp3) is 0.583. The normalized spacial score (nSPS) is 24.7. The summed E-state index contributed by atoms with van der Waals surface area (Å²) < 4.78 is 29.3. The molecule has 2 aromatic rings. The first-order valence-electron chi connectivity index (χ1n) is 11.7. The third-order valence-corrected chi connectivity index (χ3v) is 8.77. The largest absolute Gasteiger partial charge is 0.371 e. The van der Waals surface area contributed by atoms with Crippen LogP contribution in [0.1, 0.15) is 59.3 Å². The van der Waals surface area contributed by atoms with Crippen molar-refractivity contribution in [3.05, 3.63) is 24.3 Å². The van der Waals surface area contributed by atoms with Gasteiger partial charge in [0.2, 0.25) is 15.9 Å². The first kappa shape index (κ1) is 21.6. The molecule has 1 amide bonds. The SMILES string of the molecule is CCCN(CCC)c1cc(S(=O)(=O)NC2(C)CC2)cc2nc(NC(=O)C34CC3C4)ccc12. The van der Waals surface area contributed by atoms with Gasteiger partial charge in [-0.25, -0.2) is 18.1 Å². The second-order valence-corrected chi connectivity index (χ2v) is 11.8. The maximum atomic E-state index is 13.2. The molecule has 3 fully saturated rings. The number of carbonyl (C=O) groups excluding carboxylic acids is 1. The van der Waals surface area contributed by atoms with Crippen molar-refractivity contribution in [2.45, 2.75) is 69.7 Å². The van der Waals surface area contributed by atoms with E-state index in [4.69, 9.17) is 0 Å². The Labute approximate surface area is 190 Å². The highest BCUT2D eigenvalue weighted by Gasteiger charge is 2.74. The van der Waals surface area contributed by atoms with Gasteiger partial charge < -0.3 is 10.2 Å². The molecule has 172 valence electrons. The number of pyridine rings is 1. The molecule has 1 aromatic heterocycles. The van der Waals surface area contributed by atoms with E-state index in [0.29, 0.717) is 17.3 Å². The zero-order valence-electron chi connectivity index (χ0n) is 19.1. The van der Waals surface area contributed by atoms with Crippen molar-refractivity contribution in [2.24, 2.45) is 11.3 Å². The standard InChI is InChI=1S/C24H32N4O3S/c1-4-10-28(11-5-2)20-13-17(32(30,31)27-23(3)8-9-23)12-19-18(20)6-7-21(25-19)26-22(29)24-14-16(24)15-24/h6-7,12-13,16,27H,4-5,8-11,14-15H2,1-3H3,(H,25,26,29). The second kappa shape index (κ2) is 7.42. The Hall–Kier alpha value is -2.19. The molecule has 0 saturated heterocycles. The molecular weight excluding hydrogens is 424 g/mol. The van der Waals surface area contributed by atoms with Crippen LogP contribution in [-0.4, -0.2) is 37.9 Å². The minimum atomic E-state index is -3.68. The first-order chi connectivity index (χ1) is 15.2.